The molecule has 0 saturated carbocycles. The lowest BCUT2D eigenvalue weighted by atomic mass is 10.1. The lowest BCUT2D eigenvalue weighted by Crippen LogP contribution is -2.26. The minimum atomic E-state index is -0.749. The number of amides is 1. The van der Waals surface area contributed by atoms with Crippen LogP contribution in [0.1, 0.15) is 12.8 Å². The molecular formula is C17H20ClN5OS. The third kappa shape index (κ3) is 5.67. The fourth-order valence-electron chi connectivity index (χ4n) is 2.15. The molecule has 6 nitrogen and oxygen atoms in total. The topological polar surface area (TPSA) is 117 Å². The highest BCUT2D eigenvalue weighted by atomic mass is 35.5. The van der Waals surface area contributed by atoms with Gasteiger partial charge in [0.25, 0.3) is 5.91 Å². The van der Waals surface area contributed by atoms with Crippen LogP contribution in [0.3, 0.4) is 0 Å². The quantitative estimate of drug-likeness (QED) is 0.217. The molecule has 1 aromatic carbocycles. The molecule has 132 valence electrons. The number of primary amides is 1. The monoisotopic (exact) mass is 377 g/mol. The van der Waals surface area contributed by atoms with Crippen LogP contribution in [0.15, 0.2) is 63.7 Å². The van der Waals surface area contributed by atoms with Crippen LogP contribution in [0.25, 0.3) is 0 Å². The first-order valence-corrected chi connectivity index (χ1v) is 8.82. The van der Waals surface area contributed by atoms with Gasteiger partial charge in [-0.3, -0.25) is 14.9 Å². The number of hydrogen-bond donors (Lipinski definition) is 5. The van der Waals surface area contributed by atoms with Gasteiger partial charge in [-0.2, -0.15) is 0 Å². The summed E-state index contributed by atoms with van der Waals surface area (Å²) in [7, 11) is 0. The Balaban J connectivity index is 1.86. The maximum absolute atomic E-state index is 11.2. The number of benzene rings is 1. The van der Waals surface area contributed by atoms with Gasteiger partial charge in [-0.1, -0.05) is 23.8 Å². The molecule has 0 atom stereocenters. The standard InChI is InChI=1S/C17H20ClN5OS/c18-15-4-2-1-3-11(15)10-22-25-13-7-5-12(6-8-13)23-16(20)14(9-19)17(21)24/h1,3,5-9,22H,2,4,10,19H2,(H2,20,23)(H2,21,24)/b14-9+. The molecule has 0 spiro atoms. The van der Waals surface area contributed by atoms with Gasteiger partial charge in [0.2, 0.25) is 0 Å². The molecule has 0 aliphatic heterocycles. The van der Waals surface area contributed by atoms with E-state index >= 15 is 0 Å². The van der Waals surface area contributed by atoms with Gasteiger partial charge in [-0.25, -0.2) is 0 Å². The van der Waals surface area contributed by atoms with Crippen molar-refractivity contribution in [3.8, 4) is 0 Å². The SMILES string of the molecule is N=C(Nc1ccc(SNCC2=C(Cl)CCC=C2)cc1)/C(=C\N)C(N)=O. The van der Waals surface area contributed by atoms with Crippen LogP contribution in [0.4, 0.5) is 5.69 Å². The maximum atomic E-state index is 11.2. The van der Waals surface area contributed by atoms with Gasteiger partial charge < -0.3 is 16.8 Å². The van der Waals surface area contributed by atoms with E-state index in [1.165, 1.54) is 11.9 Å². The first kappa shape index (κ1) is 19.1. The predicted octanol–water partition coefficient (Wildman–Crippen LogP) is 2.84. The number of hydrogen-bond acceptors (Lipinski definition) is 5. The minimum absolute atomic E-state index is 0.0641. The van der Waals surface area contributed by atoms with E-state index in [4.69, 9.17) is 28.5 Å². The van der Waals surface area contributed by atoms with Gasteiger partial charge in [0.05, 0.1) is 5.57 Å². The summed E-state index contributed by atoms with van der Waals surface area (Å²) in [5.74, 6) is -0.889. The summed E-state index contributed by atoms with van der Waals surface area (Å²) in [5, 5.41) is 11.5. The van der Waals surface area contributed by atoms with Gasteiger partial charge in [-0.15, -0.1) is 0 Å². The highest BCUT2D eigenvalue weighted by Crippen LogP contribution is 2.23. The van der Waals surface area contributed by atoms with Crippen molar-refractivity contribution in [2.24, 2.45) is 11.5 Å². The molecule has 0 radical (unpaired) electrons. The fraction of sp³-hybridized carbons (Fsp3) is 0.176. The zero-order chi connectivity index (χ0) is 18.2. The molecule has 1 aromatic rings. The summed E-state index contributed by atoms with van der Waals surface area (Å²) in [6.45, 7) is 0.688. The fourth-order valence-corrected chi connectivity index (χ4v) is 3.05. The molecule has 7 N–H and O–H groups in total. The minimum Gasteiger partial charge on any atom is -0.404 e. The third-order valence-electron chi connectivity index (χ3n) is 3.48. The van der Waals surface area contributed by atoms with E-state index in [9.17, 15) is 4.79 Å². The molecule has 8 heteroatoms. The van der Waals surface area contributed by atoms with Crippen molar-refractivity contribution in [2.75, 3.05) is 11.9 Å². The molecular weight excluding hydrogens is 358 g/mol. The molecule has 0 aromatic heterocycles. The predicted molar refractivity (Wildman–Crippen MR) is 104 cm³/mol. The lowest BCUT2D eigenvalue weighted by Gasteiger charge is -2.12. The second-order valence-electron chi connectivity index (χ2n) is 5.26. The average molecular weight is 378 g/mol. The van der Waals surface area contributed by atoms with Crippen LogP contribution in [0, 0.1) is 5.41 Å². The number of carbonyl (C=O) groups is 1. The largest absolute Gasteiger partial charge is 0.404 e. The summed E-state index contributed by atoms with van der Waals surface area (Å²) in [6, 6.07) is 7.41. The lowest BCUT2D eigenvalue weighted by molar-refractivity contribution is -0.114. The van der Waals surface area contributed by atoms with Crippen molar-refractivity contribution in [1.29, 1.82) is 5.41 Å². The summed E-state index contributed by atoms with van der Waals surface area (Å²) in [6.07, 6.45) is 7.09. The van der Waals surface area contributed by atoms with Crippen LogP contribution in [0.2, 0.25) is 0 Å². The van der Waals surface area contributed by atoms with Crippen LogP contribution in [-0.2, 0) is 4.79 Å². The molecule has 0 fully saturated rings. The number of nitrogens with two attached hydrogens (primary N) is 2. The summed E-state index contributed by atoms with van der Waals surface area (Å²) < 4.78 is 3.28. The number of carbonyl (C=O) groups excluding carboxylic acids is 1. The van der Waals surface area contributed by atoms with E-state index in [-0.39, 0.29) is 11.4 Å². The Morgan fingerprint density at radius 3 is 2.68 bits per heavy atom. The van der Waals surface area contributed by atoms with Crippen LogP contribution in [0.5, 0.6) is 0 Å². The first-order chi connectivity index (χ1) is 12.0. The van der Waals surface area contributed by atoms with Gasteiger partial charge in [-0.05, 0) is 54.6 Å². The zero-order valence-electron chi connectivity index (χ0n) is 13.5. The third-order valence-corrected chi connectivity index (χ3v) is 4.70. The summed E-state index contributed by atoms with van der Waals surface area (Å²) >= 11 is 7.69. The zero-order valence-corrected chi connectivity index (χ0v) is 15.1. The normalized spacial score (nSPS) is 14.5. The highest BCUT2D eigenvalue weighted by molar-refractivity contribution is 7.97. The Labute approximate surface area is 156 Å². The van der Waals surface area contributed by atoms with E-state index in [1.807, 2.05) is 12.1 Å². The molecule has 1 aliphatic carbocycles. The van der Waals surface area contributed by atoms with Crippen molar-refractivity contribution < 1.29 is 4.79 Å². The molecule has 1 amide bonds. The Kier molecular flexibility index (Phi) is 7.12. The van der Waals surface area contributed by atoms with Crippen molar-refractivity contribution in [2.45, 2.75) is 17.7 Å². The van der Waals surface area contributed by atoms with Crippen molar-refractivity contribution in [3.05, 3.63) is 58.8 Å². The van der Waals surface area contributed by atoms with Gasteiger partial charge in [0, 0.05) is 28.4 Å². The van der Waals surface area contributed by atoms with Gasteiger partial charge in [0.15, 0.2) is 0 Å². The number of rotatable bonds is 7. The van der Waals surface area contributed by atoms with E-state index in [1.54, 1.807) is 12.1 Å². The van der Waals surface area contributed by atoms with E-state index in [0.717, 1.165) is 34.5 Å². The molecule has 0 saturated heterocycles. The van der Waals surface area contributed by atoms with E-state index < -0.39 is 5.91 Å². The number of allylic oxidation sites excluding steroid dienone is 2. The molecule has 25 heavy (non-hydrogen) atoms. The van der Waals surface area contributed by atoms with Gasteiger partial charge in [0.1, 0.15) is 5.84 Å². The molecule has 1 aliphatic rings. The Morgan fingerprint density at radius 1 is 1.36 bits per heavy atom. The van der Waals surface area contributed by atoms with Crippen LogP contribution in [-0.4, -0.2) is 18.3 Å². The number of nitrogens with one attached hydrogen (secondary N) is 3. The molecule has 0 bridgehead atoms. The summed E-state index contributed by atoms with van der Waals surface area (Å²) in [5.41, 5.74) is 12.2. The van der Waals surface area contributed by atoms with Gasteiger partial charge >= 0.3 is 0 Å². The molecule has 2 rings (SSSR count). The molecule has 0 unspecified atom stereocenters. The Hall–Kier alpha value is -2.22. The van der Waals surface area contributed by atoms with E-state index in [0.29, 0.717) is 12.2 Å². The summed E-state index contributed by atoms with van der Waals surface area (Å²) in [4.78, 5) is 12.2. The number of halogens is 1. The number of amidine groups is 1. The van der Waals surface area contributed by atoms with Crippen molar-refractivity contribution in [1.82, 2.24) is 4.72 Å². The number of anilines is 1. The van der Waals surface area contributed by atoms with E-state index in [2.05, 4.69) is 22.2 Å². The Bertz CT molecular complexity index is 740. The maximum Gasteiger partial charge on any atom is 0.253 e. The smallest absolute Gasteiger partial charge is 0.253 e. The average Bonchev–Trinajstić information content (AvgIpc) is 2.58. The Morgan fingerprint density at radius 2 is 2.08 bits per heavy atom. The second kappa shape index (κ2) is 9.31. The van der Waals surface area contributed by atoms with Crippen molar-refractivity contribution >= 4 is 41.0 Å². The first-order valence-electron chi connectivity index (χ1n) is 7.62. The second-order valence-corrected chi connectivity index (χ2v) is 6.68. The molecule has 0 heterocycles. The highest BCUT2D eigenvalue weighted by Gasteiger charge is 2.11. The van der Waals surface area contributed by atoms with Crippen LogP contribution < -0.4 is 21.5 Å². The van der Waals surface area contributed by atoms with Crippen LogP contribution >= 0.6 is 23.5 Å². The van der Waals surface area contributed by atoms with Crippen molar-refractivity contribution in [3.63, 3.8) is 0 Å².